The van der Waals surface area contributed by atoms with E-state index in [4.69, 9.17) is 28.9 Å². The van der Waals surface area contributed by atoms with Crippen LogP contribution in [0.2, 0.25) is 10.0 Å². The second-order valence-corrected chi connectivity index (χ2v) is 6.39. The standard InChI is InChI=1S/C18H20Cl2N4O2.HI/c1-11(15-8-5-13(19)9-16(15)20)23-17(21)22-10-12-3-6-14(7-4-12)24-18(25)26-2;/h3-9,11H,10H2,1-2H3,(H,24,25)(H3,21,22,23);1H. The van der Waals surface area contributed by atoms with Crippen molar-refractivity contribution in [3.05, 3.63) is 63.6 Å². The van der Waals surface area contributed by atoms with E-state index >= 15 is 0 Å². The summed E-state index contributed by atoms with van der Waals surface area (Å²) in [6.45, 7) is 2.34. The zero-order chi connectivity index (χ0) is 19.1. The summed E-state index contributed by atoms with van der Waals surface area (Å²) in [5, 5.41) is 6.83. The fraction of sp³-hybridized carbons (Fsp3) is 0.222. The Labute approximate surface area is 185 Å². The molecule has 0 spiro atoms. The maximum atomic E-state index is 11.1. The highest BCUT2D eigenvalue weighted by atomic mass is 127. The minimum absolute atomic E-state index is 0. The van der Waals surface area contributed by atoms with E-state index in [9.17, 15) is 4.79 Å². The summed E-state index contributed by atoms with van der Waals surface area (Å²) in [5.41, 5.74) is 8.42. The lowest BCUT2D eigenvalue weighted by Gasteiger charge is -2.16. The lowest BCUT2D eigenvalue weighted by Crippen LogP contribution is -2.34. The average molecular weight is 523 g/mol. The van der Waals surface area contributed by atoms with Crippen LogP contribution in [0, 0.1) is 0 Å². The summed E-state index contributed by atoms with van der Waals surface area (Å²) in [4.78, 5) is 15.5. The van der Waals surface area contributed by atoms with E-state index in [1.807, 2.05) is 25.1 Å². The Bertz CT molecular complexity index is 800. The van der Waals surface area contributed by atoms with Gasteiger partial charge >= 0.3 is 6.09 Å². The summed E-state index contributed by atoms with van der Waals surface area (Å²) in [7, 11) is 1.31. The van der Waals surface area contributed by atoms with Gasteiger partial charge in [0.25, 0.3) is 0 Å². The highest BCUT2D eigenvalue weighted by molar-refractivity contribution is 14.0. The first kappa shape index (κ1) is 23.3. The van der Waals surface area contributed by atoms with E-state index in [1.54, 1.807) is 24.3 Å². The SMILES string of the molecule is COC(=O)Nc1ccc(CN=C(N)NC(C)c2ccc(Cl)cc2Cl)cc1.I. The normalized spacial score (nSPS) is 11.9. The number of nitrogens with two attached hydrogens (primary N) is 1. The molecule has 146 valence electrons. The van der Waals surface area contributed by atoms with Gasteiger partial charge in [0, 0.05) is 15.7 Å². The molecular weight excluding hydrogens is 502 g/mol. The fourth-order valence-electron chi connectivity index (χ4n) is 2.24. The molecule has 1 unspecified atom stereocenters. The summed E-state index contributed by atoms with van der Waals surface area (Å²) in [5.74, 6) is 0.306. The van der Waals surface area contributed by atoms with Crippen LogP contribution in [0.4, 0.5) is 10.5 Å². The van der Waals surface area contributed by atoms with Crippen molar-refractivity contribution in [3.8, 4) is 0 Å². The van der Waals surface area contributed by atoms with Crippen molar-refractivity contribution < 1.29 is 9.53 Å². The molecule has 9 heteroatoms. The lowest BCUT2D eigenvalue weighted by atomic mass is 10.1. The van der Waals surface area contributed by atoms with Crippen LogP contribution in [0.1, 0.15) is 24.1 Å². The second kappa shape index (κ2) is 11.2. The predicted octanol–water partition coefficient (Wildman–Crippen LogP) is 4.96. The lowest BCUT2D eigenvalue weighted by molar-refractivity contribution is 0.187. The number of anilines is 1. The van der Waals surface area contributed by atoms with Crippen LogP contribution in [0.5, 0.6) is 0 Å². The van der Waals surface area contributed by atoms with Gasteiger partial charge < -0.3 is 15.8 Å². The third kappa shape index (κ3) is 7.43. The van der Waals surface area contributed by atoms with E-state index in [0.29, 0.717) is 28.2 Å². The summed E-state index contributed by atoms with van der Waals surface area (Å²) in [6, 6.07) is 12.4. The molecule has 4 N–H and O–H groups in total. The van der Waals surface area contributed by atoms with Crippen LogP contribution >= 0.6 is 47.2 Å². The number of hydrogen-bond donors (Lipinski definition) is 3. The number of carbonyl (C=O) groups excluding carboxylic acids is 1. The monoisotopic (exact) mass is 522 g/mol. The van der Waals surface area contributed by atoms with E-state index in [0.717, 1.165) is 11.1 Å². The molecule has 2 aromatic rings. The van der Waals surface area contributed by atoms with Gasteiger partial charge in [-0.05, 0) is 42.3 Å². The molecule has 0 bridgehead atoms. The molecule has 2 aromatic carbocycles. The molecular formula is C18H21Cl2IN4O2. The van der Waals surface area contributed by atoms with Gasteiger partial charge in [0.05, 0.1) is 19.7 Å². The topological polar surface area (TPSA) is 88.7 Å². The Balaban J connectivity index is 0.00000364. The van der Waals surface area contributed by atoms with Crippen LogP contribution in [-0.2, 0) is 11.3 Å². The number of nitrogens with zero attached hydrogens (tertiary/aromatic N) is 1. The van der Waals surface area contributed by atoms with Crippen molar-refractivity contribution in [2.75, 3.05) is 12.4 Å². The molecule has 0 aliphatic rings. The number of amides is 1. The number of aliphatic imine (C=N–C) groups is 1. The Morgan fingerprint density at radius 2 is 1.89 bits per heavy atom. The van der Waals surface area contributed by atoms with Crippen molar-refractivity contribution in [1.29, 1.82) is 0 Å². The number of guanidine groups is 1. The predicted molar refractivity (Wildman–Crippen MR) is 121 cm³/mol. The van der Waals surface area contributed by atoms with E-state index < -0.39 is 6.09 Å². The molecule has 27 heavy (non-hydrogen) atoms. The maximum Gasteiger partial charge on any atom is 0.411 e. The number of methoxy groups -OCH3 is 1. The third-order valence-electron chi connectivity index (χ3n) is 3.61. The van der Waals surface area contributed by atoms with Gasteiger partial charge in [-0.15, -0.1) is 24.0 Å². The Hall–Kier alpha value is -1.71. The molecule has 0 saturated heterocycles. The average Bonchev–Trinajstić information content (AvgIpc) is 2.60. The van der Waals surface area contributed by atoms with Gasteiger partial charge in [0.15, 0.2) is 5.96 Å². The minimum Gasteiger partial charge on any atom is -0.453 e. The van der Waals surface area contributed by atoms with E-state index in [2.05, 4.69) is 20.4 Å². The Morgan fingerprint density at radius 1 is 1.22 bits per heavy atom. The molecule has 0 aromatic heterocycles. The highest BCUT2D eigenvalue weighted by Gasteiger charge is 2.10. The smallest absolute Gasteiger partial charge is 0.411 e. The van der Waals surface area contributed by atoms with Gasteiger partial charge in [0.1, 0.15) is 0 Å². The van der Waals surface area contributed by atoms with Crippen LogP contribution in [0.15, 0.2) is 47.5 Å². The number of hydrogen-bond acceptors (Lipinski definition) is 3. The third-order valence-corrected chi connectivity index (χ3v) is 4.17. The molecule has 0 aliphatic heterocycles. The van der Waals surface area contributed by atoms with Gasteiger partial charge in [0.2, 0.25) is 0 Å². The van der Waals surface area contributed by atoms with Crippen molar-refractivity contribution >= 4 is 64.9 Å². The zero-order valence-corrected chi connectivity index (χ0v) is 18.7. The van der Waals surface area contributed by atoms with Gasteiger partial charge in [-0.3, -0.25) is 5.32 Å². The Kier molecular flexibility index (Phi) is 9.68. The van der Waals surface area contributed by atoms with Crippen molar-refractivity contribution in [2.24, 2.45) is 10.7 Å². The van der Waals surface area contributed by atoms with E-state index in [1.165, 1.54) is 7.11 Å². The molecule has 0 aliphatic carbocycles. The molecule has 6 nitrogen and oxygen atoms in total. The highest BCUT2D eigenvalue weighted by Crippen LogP contribution is 2.25. The summed E-state index contributed by atoms with van der Waals surface area (Å²) in [6.07, 6.45) is -0.515. The summed E-state index contributed by atoms with van der Waals surface area (Å²) >= 11 is 12.1. The van der Waals surface area contributed by atoms with E-state index in [-0.39, 0.29) is 30.0 Å². The molecule has 0 radical (unpaired) electrons. The van der Waals surface area contributed by atoms with Crippen molar-refractivity contribution in [1.82, 2.24) is 5.32 Å². The number of benzene rings is 2. The number of ether oxygens (including phenoxy) is 1. The quantitative estimate of drug-likeness (QED) is 0.294. The van der Waals surface area contributed by atoms with Crippen LogP contribution in [0.25, 0.3) is 0 Å². The summed E-state index contributed by atoms with van der Waals surface area (Å²) < 4.78 is 4.54. The minimum atomic E-state index is -0.515. The van der Waals surface area contributed by atoms with Crippen LogP contribution < -0.4 is 16.4 Å². The number of halogens is 3. The molecule has 0 fully saturated rings. The number of carbonyl (C=O) groups is 1. The molecule has 1 amide bonds. The number of rotatable bonds is 5. The largest absolute Gasteiger partial charge is 0.453 e. The van der Waals surface area contributed by atoms with Crippen molar-refractivity contribution in [2.45, 2.75) is 19.5 Å². The van der Waals surface area contributed by atoms with Gasteiger partial charge in [-0.2, -0.15) is 0 Å². The second-order valence-electron chi connectivity index (χ2n) is 5.55. The maximum absolute atomic E-state index is 11.1. The molecule has 0 heterocycles. The van der Waals surface area contributed by atoms with Gasteiger partial charge in [-0.25, -0.2) is 9.79 Å². The molecule has 2 rings (SSSR count). The molecule has 0 saturated carbocycles. The fourth-order valence-corrected chi connectivity index (χ4v) is 2.81. The first-order valence-electron chi connectivity index (χ1n) is 7.84. The first-order chi connectivity index (χ1) is 12.4. The molecule has 1 atom stereocenters. The van der Waals surface area contributed by atoms with Crippen LogP contribution in [-0.4, -0.2) is 19.2 Å². The first-order valence-corrected chi connectivity index (χ1v) is 8.60. The van der Waals surface area contributed by atoms with Crippen LogP contribution in [0.3, 0.4) is 0 Å². The Morgan fingerprint density at radius 3 is 2.48 bits per heavy atom. The van der Waals surface area contributed by atoms with Gasteiger partial charge in [-0.1, -0.05) is 41.4 Å². The number of nitrogens with one attached hydrogen (secondary N) is 2. The zero-order valence-electron chi connectivity index (χ0n) is 14.8. The van der Waals surface area contributed by atoms with Crippen molar-refractivity contribution in [3.63, 3.8) is 0 Å².